The topological polar surface area (TPSA) is 83.5 Å². The van der Waals surface area contributed by atoms with Crippen molar-refractivity contribution in [3.63, 3.8) is 0 Å². The number of hydrogen-bond acceptors (Lipinski definition) is 5. The van der Waals surface area contributed by atoms with Crippen LogP contribution in [0.5, 0.6) is 5.75 Å². The van der Waals surface area contributed by atoms with Crippen LogP contribution in [0.2, 0.25) is 5.02 Å². The van der Waals surface area contributed by atoms with Gasteiger partial charge in [0.25, 0.3) is 0 Å². The summed E-state index contributed by atoms with van der Waals surface area (Å²) in [6, 6.07) is 9.49. The lowest BCUT2D eigenvalue weighted by Gasteiger charge is -2.42. The van der Waals surface area contributed by atoms with E-state index in [9.17, 15) is 19.4 Å². The van der Waals surface area contributed by atoms with Gasteiger partial charge in [-0.2, -0.15) is 0 Å². The Morgan fingerprint density at radius 3 is 2.46 bits per heavy atom. The first-order valence-electron chi connectivity index (χ1n) is 13.0. The van der Waals surface area contributed by atoms with E-state index < -0.39 is 11.4 Å². The van der Waals surface area contributed by atoms with E-state index in [2.05, 4.69) is 9.88 Å². The molecule has 2 N–H and O–H groups in total. The number of phenolic OH excluding ortho intramolecular Hbond substituents is 1. The summed E-state index contributed by atoms with van der Waals surface area (Å²) in [4.78, 5) is 19.2. The molecule has 5 rings (SSSR count). The fourth-order valence-electron chi connectivity index (χ4n) is 5.18. The van der Waals surface area contributed by atoms with Crippen LogP contribution in [0.1, 0.15) is 32.9 Å². The third-order valence-electron chi connectivity index (χ3n) is 7.92. The van der Waals surface area contributed by atoms with Crippen molar-refractivity contribution in [2.24, 2.45) is 13.0 Å². The monoisotopic (exact) mass is 550 g/mol. The number of aryl methyl sites for hydroxylation is 2. The van der Waals surface area contributed by atoms with E-state index in [4.69, 9.17) is 11.6 Å². The van der Waals surface area contributed by atoms with Gasteiger partial charge in [0.15, 0.2) is 0 Å². The molecule has 1 saturated heterocycles. The summed E-state index contributed by atoms with van der Waals surface area (Å²) in [6.45, 7) is 7.27. The molecule has 0 amide bonds. The predicted octanol–water partition coefficient (Wildman–Crippen LogP) is 5.56. The molecule has 0 bridgehead atoms. The zero-order chi connectivity index (χ0) is 28.1. The van der Waals surface area contributed by atoms with Gasteiger partial charge in [0.2, 0.25) is 0 Å². The molecule has 1 aliphatic rings. The third-order valence-corrected chi connectivity index (χ3v) is 8.22. The first kappa shape index (κ1) is 27.0. The average molecular weight is 551 g/mol. The van der Waals surface area contributed by atoms with Crippen molar-refractivity contribution in [3.05, 3.63) is 82.0 Å². The zero-order valence-corrected chi connectivity index (χ0v) is 23.2. The van der Waals surface area contributed by atoms with Crippen molar-refractivity contribution in [3.8, 4) is 33.7 Å². The summed E-state index contributed by atoms with van der Waals surface area (Å²) in [5.41, 5.74) is 3.03. The third kappa shape index (κ3) is 4.94. The Morgan fingerprint density at radius 1 is 1.13 bits per heavy atom. The van der Waals surface area contributed by atoms with Gasteiger partial charge in [0, 0.05) is 61.3 Å². The summed E-state index contributed by atoms with van der Waals surface area (Å²) < 4.78 is 17.8. The second-order valence-electron chi connectivity index (χ2n) is 10.6. The number of rotatable bonds is 5. The Morgan fingerprint density at radius 2 is 1.85 bits per heavy atom. The smallest absolute Gasteiger partial charge is 0.332 e. The number of aromatic nitrogens is 3. The fourth-order valence-corrected chi connectivity index (χ4v) is 5.45. The first-order valence-corrected chi connectivity index (χ1v) is 13.4. The number of nitrogens with zero attached hydrogens (tertiary/aromatic N) is 4. The minimum absolute atomic E-state index is 0.0632. The van der Waals surface area contributed by atoms with Crippen molar-refractivity contribution in [2.45, 2.75) is 39.2 Å². The van der Waals surface area contributed by atoms with Crippen molar-refractivity contribution >= 4 is 17.3 Å². The second-order valence-corrected chi connectivity index (χ2v) is 11.0. The Kier molecular flexibility index (Phi) is 7.03. The molecule has 7 nitrogen and oxygen atoms in total. The Hall–Kier alpha value is -3.62. The molecule has 9 heteroatoms. The number of phenols is 1. The number of halogens is 2. The van der Waals surface area contributed by atoms with Crippen molar-refractivity contribution in [1.29, 1.82) is 0 Å². The van der Waals surface area contributed by atoms with E-state index in [1.165, 1.54) is 21.3 Å². The summed E-state index contributed by atoms with van der Waals surface area (Å²) in [5, 5.41) is 22.3. The molecule has 4 aromatic rings. The Labute approximate surface area is 231 Å². The lowest BCUT2D eigenvalue weighted by atomic mass is 9.83. The normalized spacial score (nSPS) is 19.5. The minimum Gasteiger partial charge on any atom is -0.507 e. The summed E-state index contributed by atoms with van der Waals surface area (Å²) in [6.07, 6.45) is 6.25. The first-order chi connectivity index (χ1) is 18.5. The second kappa shape index (κ2) is 10.2. The number of piperidine rings is 1. The summed E-state index contributed by atoms with van der Waals surface area (Å²) >= 11 is 6.54. The molecular weight excluding hydrogens is 519 g/mol. The molecular formula is C30H32ClFN4O3. The lowest BCUT2D eigenvalue weighted by Crippen LogP contribution is -2.49. The fraction of sp³-hybridized carbons (Fsp3) is 0.333. The standard InChI is InChI=1S/C30H32ClFN4O3/c1-5-25-27(35-9-8-30(3,39)18(2)17-35)13-20(16-33-25)23-15-21(32)14-22(28(23)37)19-6-7-26(24(31)12-19)36-11-10-34(4)29(36)38/h6-7,10-16,18,37,39H,5,8-9,17H2,1-4H3/t18?,30-/m1/s1. The highest BCUT2D eigenvalue weighted by molar-refractivity contribution is 6.32. The van der Waals surface area contributed by atoms with Crippen molar-refractivity contribution in [2.75, 3.05) is 18.0 Å². The molecule has 204 valence electrons. The minimum atomic E-state index is -0.727. The van der Waals surface area contributed by atoms with Crippen LogP contribution in [0.3, 0.4) is 0 Å². The van der Waals surface area contributed by atoms with Crippen molar-refractivity contribution < 1.29 is 14.6 Å². The molecule has 0 spiro atoms. The Bertz CT molecular complexity index is 1610. The number of pyridine rings is 1. The van der Waals surface area contributed by atoms with E-state index in [1.54, 1.807) is 43.8 Å². The number of hydrogen-bond donors (Lipinski definition) is 2. The van der Waals surface area contributed by atoms with E-state index >= 15 is 0 Å². The van der Waals surface area contributed by atoms with Crippen LogP contribution in [0.4, 0.5) is 10.1 Å². The van der Waals surface area contributed by atoms with Gasteiger partial charge in [0.05, 0.1) is 27.7 Å². The van der Waals surface area contributed by atoms with Gasteiger partial charge < -0.3 is 19.7 Å². The average Bonchev–Trinajstić information content (AvgIpc) is 3.24. The maximum atomic E-state index is 15.0. The van der Waals surface area contributed by atoms with Gasteiger partial charge in [-0.05, 0) is 55.7 Å². The van der Waals surface area contributed by atoms with Crippen LogP contribution in [-0.4, -0.2) is 43.0 Å². The van der Waals surface area contributed by atoms with Gasteiger partial charge in [-0.25, -0.2) is 9.18 Å². The van der Waals surface area contributed by atoms with Gasteiger partial charge in [0.1, 0.15) is 11.6 Å². The SMILES string of the molecule is CCc1ncc(-c2cc(F)cc(-c3ccc(-n4ccn(C)c4=O)c(Cl)c3)c2O)cc1N1CC[C@@](C)(O)C(C)C1. The number of aliphatic hydroxyl groups is 1. The van der Waals surface area contributed by atoms with Crippen LogP contribution < -0.4 is 10.6 Å². The maximum Gasteiger partial charge on any atom is 0.332 e. The largest absolute Gasteiger partial charge is 0.507 e. The zero-order valence-electron chi connectivity index (χ0n) is 22.4. The highest BCUT2D eigenvalue weighted by atomic mass is 35.5. The number of imidazole rings is 1. The molecule has 1 aliphatic heterocycles. The molecule has 0 radical (unpaired) electrons. The lowest BCUT2D eigenvalue weighted by molar-refractivity contribution is -0.00938. The highest BCUT2D eigenvalue weighted by Gasteiger charge is 2.35. The molecule has 2 atom stereocenters. The van der Waals surface area contributed by atoms with Crippen LogP contribution in [0.15, 0.2) is 59.8 Å². The quantitative estimate of drug-likeness (QED) is 0.340. The van der Waals surface area contributed by atoms with Crippen LogP contribution in [0.25, 0.3) is 27.9 Å². The Balaban J connectivity index is 1.55. The van der Waals surface area contributed by atoms with Crippen LogP contribution in [0, 0.1) is 11.7 Å². The predicted molar refractivity (Wildman–Crippen MR) is 152 cm³/mol. The molecule has 39 heavy (non-hydrogen) atoms. The molecule has 1 fully saturated rings. The van der Waals surface area contributed by atoms with E-state index in [1.807, 2.05) is 26.8 Å². The van der Waals surface area contributed by atoms with Gasteiger partial charge in [-0.3, -0.25) is 9.55 Å². The van der Waals surface area contributed by atoms with Crippen LogP contribution >= 0.6 is 11.6 Å². The molecule has 2 aromatic carbocycles. The summed E-state index contributed by atoms with van der Waals surface area (Å²) in [5.74, 6) is -0.543. The highest BCUT2D eigenvalue weighted by Crippen LogP contribution is 2.42. The molecule has 3 heterocycles. The summed E-state index contributed by atoms with van der Waals surface area (Å²) in [7, 11) is 1.65. The van der Waals surface area contributed by atoms with E-state index in [-0.39, 0.29) is 27.9 Å². The molecule has 0 saturated carbocycles. The number of benzene rings is 2. The van der Waals surface area contributed by atoms with Gasteiger partial charge in [-0.1, -0.05) is 31.5 Å². The molecule has 2 aromatic heterocycles. The van der Waals surface area contributed by atoms with Crippen LogP contribution in [-0.2, 0) is 13.5 Å². The van der Waals surface area contributed by atoms with E-state index in [0.717, 1.165) is 11.4 Å². The number of aromatic hydroxyl groups is 1. The van der Waals surface area contributed by atoms with E-state index in [0.29, 0.717) is 48.3 Å². The number of anilines is 1. The molecule has 0 aliphatic carbocycles. The van der Waals surface area contributed by atoms with Gasteiger partial charge in [-0.15, -0.1) is 0 Å². The maximum absolute atomic E-state index is 15.0. The van der Waals surface area contributed by atoms with Crippen molar-refractivity contribution in [1.82, 2.24) is 14.1 Å². The molecule has 1 unspecified atom stereocenters. The van der Waals surface area contributed by atoms with Gasteiger partial charge >= 0.3 is 5.69 Å².